The van der Waals surface area contributed by atoms with Gasteiger partial charge in [0, 0.05) is 36.5 Å². The lowest BCUT2D eigenvalue weighted by Crippen LogP contribution is -2.53. The molecule has 35 heavy (non-hydrogen) atoms. The molecule has 1 unspecified atom stereocenters. The fourth-order valence-corrected chi connectivity index (χ4v) is 6.37. The van der Waals surface area contributed by atoms with Gasteiger partial charge in [0.1, 0.15) is 15.9 Å². The van der Waals surface area contributed by atoms with Gasteiger partial charge in [-0.05, 0) is 70.7 Å². The molecule has 0 spiro atoms. The van der Waals surface area contributed by atoms with Crippen LogP contribution >= 0.6 is 0 Å². The van der Waals surface area contributed by atoms with Crippen molar-refractivity contribution >= 4 is 21.7 Å². The molecule has 2 fully saturated rings. The molecule has 11 heteroatoms. The third-order valence-electron chi connectivity index (χ3n) is 7.22. The number of sulfone groups is 1. The Labute approximate surface area is 205 Å². The number of nitrogens with zero attached hydrogens (tertiary/aromatic N) is 2. The van der Waals surface area contributed by atoms with Crippen LogP contribution in [0.15, 0.2) is 24.3 Å². The number of likely N-dealkylation sites (tertiary alicyclic amines) is 1. The van der Waals surface area contributed by atoms with E-state index in [0.29, 0.717) is 31.8 Å². The number of benzene rings is 1. The Kier molecular flexibility index (Phi) is 8.20. The highest BCUT2D eigenvalue weighted by molar-refractivity contribution is 7.90. The second-order valence-electron chi connectivity index (χ2n) is 10.1. The third kappa shape index (κ3) is 6.75. The van der Waals surface area contributed by atoms with Crippen LogP contribution in [0, 0.1) is 5.92 Å². The molecule has 1 aromatic carbocycles. The fraction of sp³-hybridized carbons (Fsp3) is 0.667. The molecule has 4 atom stereocenters. The van der Waals surface area contributed by atoms with E-state index in [9.17, 15) is 31.2 Å². The van der Waals surface area contributed by atoms with Crippen molar-refractivity contribution < 1.29 is 31.2 Å². The Morgan fingerprint density at radius 3 is 2.51 bits per heavy atom. The van der Waals surface area contributed by atoms with E-state index in [1.807, 2.05) is 7.05 Å². The highest BCUT2D eigenvalue weighted by Gasteiger charge is 2.43. The van der Waals surface area contributed by atoms with Gasteiger partial charge in [0.15, 0.2) is 0 Å². The number of nitrogens with one attached hydrogen (secondary N) is 1. The molecule has 1 aliphatic carbocycles. The summed E-state index contributed by atoms with van der Waals surface area (Å²) in [4.78, 5) is 29.7. The van der Waals surface area contributed by atoms with Gasteiger partial charge in [-0.15, -0.1) is 0 Å². The largest absolute Gasteiger partial charge is 0.416 e. The van der Waals surface area contributed by atoms with E-state index in [-0.39, 0.29) is 35.2 Å². The molecule has 1 saturated carbocycles. The minimum atomic E-state index is -4.58. The van der Waals surface area contributed by atoms with E-state index in [4.69, 9.17) is 0 Å². The summed E-state index contributed by atoms with van der Waals surface area (Å²) >= 11 is 0. The van der Waals surface area contributed by atoms with Crippen LogP contribution < -0.4 is 5.32 Å². The number of hydrogen-bond donors (Lipinski definition) is 1. The van der Waals surface area contributed by atoms with Crippen molar-refractivity contribution in [1.29, 1.82) is 0 Å². The van der Waals surface area contributed by atoms with Crippen LogP contribution in [0.1, 0.15) is 55.5 Å². The number of alkyl halides is 3. The minimum absolute atomic E-state index is 0.0227. The zero-order valence-corrected chi connectivity index (χ0v) is 21.3. The first kappa shape index (κ1) is 27.4. The molecule has 3 rings (SSSR count). The standard InChI is InChI=1S/C24H34F3N3O4S/c1-15(2)29(3)19-8-9-21(17(13-19)14-35(4,33)34)30-11-10-20(23(30)32)28-22(31)16-6-5-7-18(12-16)24(25,26)27/h5-7,12,15,17,19-21H,8-11,13-14H2,1-4H3,(H,28,31)/t17-,19+,20?,21-/m0/s1. The molecule has 1 heterocycles. The van der Waals surface area contributed by atoms with Crippen molar-refractivity contribution in [2.45, 2.75) is 69.9 Å². The van der Waals surface area contributed by atoms with Crippen LogP contribution in [-0.2, 0) is 20.8 Å². The molecule has 1 aromatic rings. The van der Waals surface area contributed by atoms with Crippen molar-refractivity contribution in [3.63, 3.8) is 0 Å². The van der Waals surface area contributed by atoms with Gasteiger partial charge in [-0.2, -0.15) is 13.2 Å². The monoisotopic (exact) mass is 517 g/mol. The molecule has 1 aliphatic heterocycles. The van der Waals surface area contributed by atoms with Crippen LogP contribution in [0.25, 0.3) is 0 Å². The molecule has 2 amide bonds. The summed E-state index contributed by atoms with van der Waals surface area (Å²) in [6.07, 6.45) is -0.928. The van der Waals surface area contributed by atoms with Crippen molar-refractivity contribution in [1.82, 2.24) is 15.1 Å². The first-order valence-corrected chi connectivity index (χ1v) is 13.9. The number of halogens is 3. The summed E-state index contributed by atoms with van der Waals surface area (Å²) in [5, 5.41) is 2.57. The van der Waals surface area contributed by atoms with E-state index >= 15 is 0 Å². The van der Waals surface area contributed by atoms with E-state index in [1.165, 1.54) is 12.3 Å². The smallest absolute Gasteiger partial charge is 0.340 e. The Morgan fingerprint density at radius 1 is 1.23 bits per heavy atom. The van der Waals surface area contributed by atoms with Gasteiger partial charge in [-0.1, -0.05) is 6.07 Å². The minimum Gasteiger partial charge on any atom is -0.340 e. The van der Waals surface area contributed by atoms with Crippen LogP contribution in [0.2, 0.25) is 0 Å². The number of carbonyl (C=O) groups is 2. The summed E-state index contributed by atoms with van der Waals surface area (Å²) in [5.41, 5.74) is -1.10. The van der Waals surface area contributed by atoms with E-state index < -0.39 is 33.5 Å². The van der Waals surface area contributed by atoms with Gasteiger partial charge in [-0.25, -0.2) is 8.42 Å². The number of rotatable bonds is 7. The van der Waals surface area contributed by atoms with Crippen LogP contribution in [0.3, 0.4) is 0 Å². The molecule has 7 nitrogen and oxygen atoms in total. The molecule has 0 bridgehead atoms. The molecule has 196 valence electrons. The predicted molar refractivity (Wildman–Crippen MR) is 127 cm³/mol. The average molecular weight is 518 g/mol. The first-order chi connectivity index (χ1) is 16.2. The van der Waals surface area contributed by atoms with Gasteiger partial charge in [0.25, 0.3) is 5.91 Å². The van der Waals surface area contributed by atoms with E-state index in [1.54, 1.807) is 4.90 Å². The van der Waals surface area contributed by atoms with Crippen molar-refractivity contribution in [2.75, 3.05) is 25.6 Å². The van der Waals surface area contributed by atoms with Crippen LogP contribution in [0.4, 0.5) is 13.2 Å². The van der Waals surface area contributed by atoms with Gasteiger partial charge in [0.05, 0.1) is 11.3 Å². The highest BCUT2D eigenvalue weighted by atomic mass is 32.2. The maximum Gasteiger partial charge on any atom is 0.416 e. The fourth-order valence-electron chi connectivity index (χ4n) is 5.24. The van der Waals surface area contributed by atoms with Gasteiger partial charge < -0.3 is 15.1 Å². The highest BCUT2D eigenvalue weighted by Crippen LogP contribution is 2.35. The molecular formula is C24H34F3N3O4S. The van der Waals surface area contributed by atoms with E-state index in [0.717, 1.165) is 24.6 Å². The molecule has 1 N–H and O–H groups in total. The summed E-state index contributed by atoms with van der Waals surface area (Å²) < 4.78 is 63.3. The van der Waals surface area contributed by atoms with Crippen molar-refractivity contribution in [2.24, 2.45) is 5.92 Å². The second kappa shape index (κ2) is 10.5. The summed E-state index contributed by atoms with van der Waals surface area (Å²) in [7, 11) is -1.25. The Hall–Kier alpha value is -2.14. The normalized spacial score (nSPS) is 26.0. The Bertz CT molecular complexity index is 1040. The lowest BCUT2D eigenvalue weighted by Gasteiger charge is -2.44. The number of hydrogen-bond acceptors (Lipinski definition) is 5. The molecule has 0 aromatic heterocycles. The molecule has 1 saturated heterocycles. The maximum absolute atomic E-state index is 13.2. The second-order valence-corrected chi connectivity index (χ2v) is 12.3. The Balaban J connectivity index is 1.72. The first-order valence-electron chi connectivity index (χ1n) is 11.9. The molecular weight excluding hydrogens is 483 g/mol. The topological polar surface area (TPSA) is 86.8 Å². The van der Waals surface area contributed by atoms with E-state index in [2.05, 4.69) is 24.1 Å². The predicted octanol–water partition coefficient (Wildman–Crippen LogP) is 2.96. The number of carbonyl (C=O) groups excluding carboxylic acids is 2. The average Bonchev–Trinajstić information content (AvgIpc) is 3.11. The SMILES string of the molecule is CC(C)N(C)[C@@H]1CC[C@H](N2CCC(NC(=O)c3cccc(C(F)(F)F)c3)C2=O)[C@H](CS(C)(=O)=O)C1. The molecule has 2 aliphatic rings. The van der Waals surface area contributed by atoms with Gasteiger partial charge in [-0.3, -0.25) is 9.59 Å². The number of amides is 2. The van der Waals surface area contributed by atoms with Crippen LogP contribution in [-0.4, -0.2) is 79.8 Å². The van der Waals surface area contributed by atoms with Crippen LogP contribution in [0.5, 0.6) is 0 Å². The summed E-state index contributed by atoms with van der Waals surface area (Å²) in [5.74, 6) is -1.31. The zero-order chi connectivity index (χ0) is 26.1. The van der Waals surface area contributed by atoms with Gasteiger partial charge in [0.2, 0.25) is 5.91 Å². The molecule has 0 radical (unpaired) electrons. The summed E-state index contributed by atoms with van der Waals surface area (Å²) in [6.45, 7) is 4.53. The lowest BCUT2D eigenvalue weighted by molar-refractivity contribution is -0.137. The van der Waals surface area contributed by atoms with Crippen molar-refractivity contribution in [3.8, 4) is 0 Å². The summed E-state index contributed by atoms with van der Waals surface area (Å²) in [6, 6.07) is 3.48. The lowest BCUT2D eigenvalue weighted by atomic mass is 9.81. The maximum atomic E-state index is 13.2. The quantitative estimate of drug-likeness (QED) is 0.601. The van der Waals surface area contributed by atoms with Crippen molar-refractivity contribution in [3.05, 3.63) is 35.4 Å². The Morgan fingerprint density at radius 2 is 1.91 bits per heavy atom. The van der Waals surface area contributed by atoms with Gasteiger partial charge >= 0.3 is 6.18 Å². The zero-order valence-electron chi connectivity index (χ0n) is 20.5. The third-order valence-corrected chi connectivity index (χ3v) is 8.25.